The Labute approximate surface area is 169 Å². The highest BCUT2D eigenvalue weighted by molar-refractivity contribution is 9.10. The highest BCUT2D eigenvalue weighted by atomic mass is 79.9. The molecule has 0 saturated carbocycles. The summed E-state index contributed by atoms with van der Waals surface area (Å²) < 4.78 is 6.00. The van der Waals surface area contributed by atoms with Crippen LogP contribution < -0.4 is 10.2 Å². The standard InChI is InChI=1S/C21H15BrN2O4/c22-19-4-2-1-3-18(19)21(27)28-17-11-5-14(6-12-17)13-23-24-20(26)15-7-9-16(25)10-8-15/h1-13,25H,(H,24,26). The predicted molar refractivity (Wildman–Crippen MR) is 109 cm³/mol. The van der Waals surface area contributed by atoms with E-state index in [-0.39, 0.29) is 5.75 Å². The van der Waals surface area contributed by atoms with Gasteiger partial charge in [0.2, 0.25) is 0 Å². The fourth-order valence-corrected chi connectivity index (χ4v) is 2.70. The third-order valence-corrected chi connectivity index (χ3v) is 4.39. The molecule has 3 rings (SSSR count). The number of amides is 1. The van der Waals surface area contributed by atoms with Crippen molar-refractivity contribution in [3.05, 3.63) is 94.0 Å². The number of rotatable bonds is 5. The molecule has 28 heavy (non-hydrogen) atoms. The lowest BCUT2D eigenvalue weighted by Gasteiger charge is -2.06. The van der Waals surface area contributed by atoms with Crippen molar-refractivity contribution in [2.24, 2.45) is 5.10 Å². The molecule has 140 valence electrons. The van der Waals surface area contributed by atoms with E-state index in [4.69, 9.17) is 4.74 Å². The summed E-state index contributed by atoms with van der Waals surface area (Å²) in [5.74, 6) is -0.378. The van der Waals surface area contributed by atoms with Crippen LogP contribution in [-0.2, 0) is 0 Å². The molecular weight excluding hydrogens is 424 g/mol. The number of hydrogen-bond acceptors (Lipinski definition) is 5. The summed E-state index contributed by atoms with van der Waals surface area (Å²) in [5.41, 5.74) is 3.93. The molecule has 1 amide bonds. The first-order valence-electron chi connectivity index (χ1n) is 8.22. The van der Waals surface area contributed by atoms with Gasteiger partial charge in [0.25, 0.3) is 5.91 Å². The van der Waals surface area contributed by atoms with Crippen LogP contribution >= 0.6 is 15.9 Å². The zero-order chi connectivity index (χ0) is 19.9. The summed E-state index contributed by atoms with van der Waals surface area (Å²) in [6.45, 7) is 0. The molecule has 0 aromatic heterocycles. The molecule has 0 aliphatic rings. The third kappa shape index (κ3) is 5.05. The number of phenols is 1. The van der Waals surface area contributed by atoms with Gasteiger partial charge < -0.3 is 9.84 Å². The fraction of sp³-hybridized carbons (Fsp3) is 0. The third-order valence-electron chi connectivity index (χ3n) is 3.69. The number of benzene rings is 3. The van der Waals surface area contributed by atoms with Crippen LogP contribution in [0.3, 0.4) is 0 Å². The van der Waals surface area contributed by atoms with Gasteiger partial charge in [0.15, 0.2) is 0 Å². The lowest BCUT2D eigenvalue weighted by molar-refractivity contribution is 0.0733. The Balaban J connectivity index is 1.57. The van der Waals surface area contributed by atoms with Gasteiger partial charge >= 0.3 is 5.97 Å². The van der Waals surface area contributed by atoms with E-state index < -0.39 is 11.9 Å². The molecule has 0 atom stereocenters. The summed E-state index contributed by atoms with van der Waals surface area (Å²) >= 11 is 3.32. The number of aromatic hydroxyl groups is 1. The quantitative estimate of drug-likeness (QED) is 0.271. The Morgan fingerprint density at radius 2 is 1.64 bits per heavy atom. The molecule has 3 aromatic carbocycles. The van der Waals surface area contributed by atoms with E-state index in [0.29, 0.717) is 26.9 Å². The maximum absolute atomic E-state index is 12.2. The van der Waals surface area contributed by atoms with Crippen molar-refractivity contribution in [3.63, 3.8) is 0 Å². The number of halogens is 1. The zero-order valence-electron chi connectivity index (χ0n) is 14.5. The number of phenolic OH excluding ortho intramolecular Hbond substituents is 1. The maximum Gasteiger partial charge on any atom is 0.344 e. The Hall–Kier alpha value is -3.45. The molecule has 0 unspecified atom stereocenters. The van der Waals surface area contributed by atoms with E-state index in [1.165, 1.54) is 30.5 Å². The van der Waals surface area contributed by atoms with E-state index in [0.717, 1.165) is 0 Å². The summed E-state index contributed by atoms with van der Waals surface area (Å²) in [4.78, 5) is 24.1. The van der Waals surface area contributed by atoms with Gasteiger partial charge in [-0.1, -0.05) is 12.1 Å². The van der Waals surface area contributed by atoms with Crippen molar-refractivity contribution in [1.29, 1.82) is 0 Å². The number of nitrogens with one attached hydrogen (secondary N) is 1. The van der Waals surface area contributed by atoms with Crippen LogP contribution in [0.5, 0.6) is 11.5 Å². The number of hydrazone groups is 1. The largest absolute Gasteiger partial charge is 0.508 e. The lowest BCUT2D eigenvalue weighted by atomic mass is 10.2. The predicted octanol–water partition coefficient (Wildman–Crippen LogP) is 4.14. The van der Waals surface area contributed by atoms with Crippen LogP contribution in [0.1, 0.15) is 26.3 Å². The molecule has 0 saturated heterocycles. The second-order valence-electron chi connectivity index (χ2n) is 5.68. The van der Waals surface area contributed by atoms with Crippen LogP contribution in [0.2, 0.25) is 0 Å². The molecule has 7 heteroatoms. The lowest BCUT2D eigenvalue weighted by Crippen LogP contribution is -2.17. The molecule has 0 fully saturated rings. The van der Waals surface area contributed by atoms with Gasteiger partial charge in [-0.05, 0) is 82.2 Å². The molecular formula is C21H15BrN2O4. The Morgan fingerprint density at radius 3 is 2.32 bits per heavy atom. The number of carbonyl (C=O) groups excluding carboxylic acids is 2. The molecule has 0 radical (unpaired) electrons. The van der Waals surface area contributed by atoms with Crippen LogP contribution in [0.15, 0.2) is 82.4 Å². The van der Waals surface area contributed by atoms with E-state index in [9.17, 15) is 14.7 Å². The second-order valence-corrected chi connectivity index (χ2v) is 6.54. The van der Waals surface area contributed by atoms with Crippen molar-refractivity contribution in [3.8, 4) is 11.5 Å². The number of ether oxygens (including phenoxy) is 1. The molecule has 0 aliphatic heterocycles. The molecule has 6 nitrogen and oxygen atoms in total. The number of esters is 1. The van der Waals surface area contributed by atoms with Gasteiger partial charge in [-0.3, -0.25) is 4.79 Å². The molecule has 2 N–H and O–H groups in total. The number of carbonyl (C=O) groups is 2. The SMILES string of the molecule is O=C(NN=Cc1ccc(OC(=O)c2ccccc2Br)cc1)c1ccc(O)cc1. The molecule has 0 heterocycles. The Bertz CT molecular complexity index is 1020. The summed E-state index contributed by atoms with van der Waals surface area (Å²) in [5, 5.41) is 13.1. The van der Waals surface area contributed by atoms with Gasteiger partial charge in [-0.25, -0.2) is 10.2 Å². The summed E-state index contributed by atoms with van der Waals surface area (Å²) in [7, 11) is 0. The Morgan fingerprint density at radius 1 is 0.964 bits per heavy atom. The molecule has 0 aliphatic carbocycles. The highest BCUT2D eigenvalue weighted by Crippen LogP contribution is 2.19. The van der Waals surface area contributed by atoms with Gasteiger partial charge in [-0.15, -0.1) is 0 Å². The van der Waals surface area contributed by atoms with Gasteiger partial charge in [0.1, 0.15) is 11.5 Å². The smallest absolute Gasteiger partial charge is 0.344 e. The van der Waals surface area contributed by atoms with Gasteiger partial charge in [0.05, 0.1) is 11.8 Å². The van der Waals surface area contributed by atoms with E-state index >= 15 is 0 Å². The number of nitrogens with zero attached hydrogens (tertiary/aromatic N) is 1. The monoisotopic (exact) mass is 438 g/mol. The van der Waals surface area contributed by atoms with Crippen LogP contribution in [0, 0.1) is 0 Å². The fourth-order valence-electron chi connectivity index (χ4n) is 2.25. The van der Waals surface area contributed by atoms with Crippen molar-refractivity contribution in [1.82, 2.24) is 5.43 Å². The second kappa shape index (κ2) is 8.96. The molecule has 0 spiro atoms. The van der Waals surface area contributed by atoms with Crippen molar-refractivity contribution >= 4 is 34.0 Å². The minimum atomic E-state index is -0.463. The average molecular weight is 439 g/mol. The van der Waals surface area contributed by atoms with E-state index in [1.807, 2.05) is 6.07 Å². The minimum Gasteiger partial charge on any atom is -0.508 e. The highest BCUT2D eigenvalue weighted by Gasteiger charge is 2.11. The summed E-state index contributed by atoms with van der Waals surface area (Å²) in [6.07, 6.45) is 1.47. The molecule has 3 aromatic rings. The van der Waals surface area contributed by atoms with Crippen molar-refractivity contribution in [2.45, 2.75) is 0 Å². The average Bonchev–Trinajstić information content (AvgIpc) is 2.70. The molecule has 0 bridgehead atoms. The normalized spacial score (nSPS) is 10.6. The van der Waals surface area contributed by atoms with E-state index in [1.54, 1.807) is 42.5 Å². The first-order valence-corrected chi connectivity index (χ1v) is 9.01. The first kappa shape index (κ1) is 19.3. The van der Waals surface area contributed by atoms with Crippen molar-refractivity contribution < 1.29 is 19.4 Å². The maximum atomic E-state index is 12.2. The first-order chi connectivity index (χ1) is 13.5. The van der Waals surface area contributed by atoms with Crippen molar-refractivity contribution in [2.75, 3.05) is 0 Å². The summed E-state index contributed by atoms with van der Waals surface area (Å²) in [6, 6.07) is 19.5. The van der Waals surface area contributed by atoms with Crippen LogP contribution in [0.25, 0.3) is 0 Å². The van der Waals surface area contributed by atoms with Gasteiger partial charge in [0, 0.05) is 10.0 Å². The van der Waals surface area contributed by atoms with Crippen LogP contribution in [-0.4, -0.2) is 23.2 Å². The van der Waals surface area contributed by atoms with Gasteiger partial charge in [-0.2, -0.15) is 5.10 Å². The van der Waals surface area contributed by atoms with Crippen LogP contribution in [0.4, 0.5) is 0 Å². The van der Waals surface area contributed by atoms with E-state index in [2.05, 4.69) is 26.5 Å². The number of hydrogen-bond donors (Lipinski definition) is 2. The minimum absolute atomic E-state index is 0.0838. The topological polar surface area (TPSA) is 88.0 Å². The zero-order valence-corrected chi connectivity index (χ0v) is 16.1. The Kier molecular flexibility index (Phi) is 6.18.